The molecule has 0 heterocycles. The fourth-order valence-corrected chi connectivity index (χ4v) is 2.49. The molecule has 1 aliphatic rings. The summed E-state index contributed by atoms with van der Waals surface area (Å²) in [6, 6.07) is 7.92. The van der Waals surface area contributed by atoms with E-state index in [1.54, 1.807) is 0 Å². The van der Waals surface area contributed by atoms with Crippen molar-refractivity contribution in [2.75, 3.05) is 0 Å². The lowest BCUT2D eigenvalue weighted by atomic mass is 9.97. The molecule has 1 saturated carbocycles. The molecule has 2 rings (SSSR count). The van der Waals surface area contributed by atoms with Crippen LogP contribution in [-0.2, 0) is 4.87 Å². The molecule has 13 heavy (non-hydrogen) atoms. The molecule has 0 unspecified atom stereocenters. The normalized spacial score (nSPS) is 20.5. The minimum atomic E-state index is -0.107. The fraction of sp³-hybridized carbons (Fsp3) is 0.455. The summed E-state index contributed by atoms with van der Waals surface area (Å²) in [5.74, 6) is 0. The van der Waals surface area contributed by atoms with Gasteiger partial charge in [0.2, 0.25) is 0 Å². The van der Waals surface area contributed by atoms with Gasteiger partial charge in [0.15, 0.2) is 0 Å². The van der Waals surface area contributed by atoms with Gasteiger partial charge in [-0.05, 0) is 30.5 Å². The first-order chi connectivity index (χ1) is 6.21. The smallest absolute Gasteiger partial charge is 0.0695 e. The zero-order chi connectivity index (χ0) is 9.31. The van der Waals surface area contributed by atoms with Crippen molar-refractivity contribution in [3.8, 4) is 0 Å². The zero-order valence-electron chi connectivity index (χ0n) is 7.39. The van der Waals surface area contributed by atoms with Gasteiger partial charge in [-0.2, -0.15) is 0 Å². The molecule has 0 aliphatic heterocycles. The van der Waals surface area contributed by atoms with Crippen LogP contribution in [0.25, 0.3) is 0 Å². The maximum atomic E-state index is 6.51. The molecule has 0 atom stereocenters. The van der Waals surface area contributed by atoms with E-state index >= 15 is 0 Å². The van der Waals surface area contributed by atoms with E-state index in [-0.39, 0.29) is 4.87 Å². The van der Waals surface area contributed by atoms with E-state index in [9.17, 15) is 0 Å². The van der Waals surface area contributed by atoms with E-state index in [1.165, 1.54) is 18.4 Å². The predicted molar refractivity (Wildman–Crippen MR) is 57.5 cm³/mol. The van der Waals surface area contributed by atoms with E-state index < -0.39 is 0 Å². The fourth-order valence-electron chi connectivity index (χ4n) is 1.97. The summed E-state index contributed by atoms with van der Waals surface area (Å²) >= 11 is 12.3. The molecule has 70 valence electrons. The van der Waals surface area contributed by atoms with Crippen LogP contribution in [0.5, 0.6) is 0 Å². The monoisotopic (exact) mass is 214 g/mol. The Morgan fingerprint density at radius 3 is 2.08 bits per heavy atom. The molecular weight excluding hydrogens is 203 g/mol. The molecule has 0 N–H and O–H groups in total. The van der Waals surface area contributed by atoms with Crippen molar-refractivity contribution in [3.63, 3.8) is 0 Å². The Morgan fingerprint density at radius 2 is 1.54 bits per heavy atom. The van der Waals surface area contributed by atoms with Crippen LogP contribution in [0.1, 0.15) is 31.2 Å². The molecule has 0 saturated heterocycles. The van der Waals surface area contributed by atoms with Gasteiger partial charge in [-0.1, -0.05) is 36.6 Å². The summed E-state index contributed by atoms with van der Waals surface area (Å²) in [6.45, 7) is 0. The first kappa shape index (κ1) is 9.36. The molecule has 1 fully saturated rings. The van der Waals surface area contributed by atoms with Gasteiger partial charge in [0.1, 0.15) is 0 Å². The van der Waals surface area contributed by atoms with E-state index in [1.807, 2.05) is 24.3 Å². The average molecular weight is 215 g/mol. The number of hydrogen-bond donors (Lipinski definition) is 0. The van der Waals surface area contributed by atoms with Gasteiger partial charge in [0.25, 0.3) is 0 Å². The highest BCUT2D eigenvalue weighted by molar-refractivity contribution is 6.30. The Labute approximate surface area is 88.9 Å². The topological polar surface area (TPSA) is 0 Å². The van der Waals surface area contributed by atoms with Gasteiger partial charge in [0.05, 0.1) is 4.87 Å². The Kier molecular flexibility index (Phi) is 2.53. The molecule has 0 spiro atoms. The van der Waals surface area contributed by atoms with E-state index in [0.29, 0.717) is 0 Å². The van der Waals surface area contributed by atoms with Gasteiger partial charge in [-0.3, -0.25) is 0 Å². The van der Waals surface area contributed by atoms with Gasteiger partial charge < -0.3 is 0 Å². The Hall–Kier alpha value is -0.200. The number of alkyl halides is 1. The molecule has 0 nitrogen and oxygen atoms in total. The summed E-state index contributed by atoms with van der Waals surface area (Å²) < 4.78 is 0. The first-order valence-electron chi connectivity index (χ1n) is 4.66. The number of benzene rings is 1. The lowest BCUT2D eigenvalue weighted by molar-refractivity contribution is 0.637. The molecule has 2 heteroatoms. The average Bonchev–Trinajstić information content (AvgIpc) is 2.54. The third-order valence-electron chi connectivity index (χ3n) is 2.76. The number of hydrogen-bond acceptors (Lipinski definition) is 0. The lowest BCUT2D eigenvalue weighted by Gasteiger charge is -2.20. The minimum absolute atomic E-state index is 0.107. The van der Waals surface area contributed by atoms with Crippen molar-refractivity contribution in [1.82, 2.24) is 0 Å². The Bertz CT molecular complexity index is 283. The maximum absolute atomic E-state index is 6.51. The van der Waals surface area contributed by atoms with Crippen LogP contribution in [0, 0.1) is 0 Å². The molecule has 0 aromatic heterocycles. The highest BCUT2D eigenvalue weighted by atomic mass is 35.5. The van der Waals surface area contributed by atoms with E-state index in [4.69, 9.17) is 23.2 Å². The molecule has 0 amide bonds. The van der Waals surface area contributed by atoms with Crippen LogP contribution in [0.4, 0.5) is 0 Å². The highest BCUT2D eigenvalue weighted by Crippen LogP contribution is 2.44. The molecular formula is C11H12Cl2. The van der Waals surface area contributed by atoms with Gasteiger partial charge in [-0.25, -0.2) is 0 Å². The molecule has 1 aliphatic carbocycles. The molecule has 0 bridgehead atoms. The second-order valence-corrected chi connectivity index (χ2v) is 4.84. The van der Waals surface area contributed by atoms with Gasteiger partial charge in [-0.15, -0.1) is 11.6 Å². The largest absolute Gasteiger partial charge is 0.114 e. The van der Waals surface area contributed by atoms with E-state index in [2.05, 4.69) is 0 Å². The van der Waals surface area contributed by atoms with Crippen molar-refractivity contribution in [2.45, 2.75) is 30.6 Å². The highest BCUT2D eigenvalue weighted by Gasteiger charge is 2.32. The summed E-state index contributed by atoms with van der Waals surface area (Å²) in [5, 5.41) is 0.780. The zero-order valence-corrected chi connectivity index (χ0v) is 8.91. The van der Waals surface area contributed by atoms with Gasteiger partial charge in [0, 0.05) is 5.02 Å². The van der Waals surface area contributed by atoms with Crippen LogP contribution >= 0.6 is 23.2 Å². The van der Waals surface area contributed by atoms with Crippen LogP contribution in [0.3, 0.4) is 0 Å². The second-order valence-electron chi connectivity index (χ2n) is 3.68. The summed E-state index contributed by atoms with van der Waals surface area (Å²) in [5.41, 5.74) is 1.22. The maximum Gasteiger partial charge on any atom is 0.0695 e. The summed E-state index contributed by atoms with van der Waals surface area (Å²) in [7, 11) is 0. The predicted octanol–water partition coefficient (Wildman–Crippen LogP) is 4.35. The van der Waals surface area contributed by atoms with E-state index in [0.717, 1.165) is 17.9 Å². The van der Waals surface area contributed by atoms with Crippen molar-refractivity contribution in [1.29, 1.82) is 0 Å². The van der Waals surface area contributed by atoms with Crippen LogP contribution in [0.15, 0.2) is 24.3 Å². The van der Waals surface area contributed by atoms with Crippen LogP contribution in [0.2, 0.25) is 5.02 Å². The van der Waals surface area contributed by atoms with Crippen molar-refractivity contribution in [3.05, 3.63) is 34.9 Å². The molecule has 1 aromatic carbocycles. The van der Waals surface area contributed by atoms with Gasteiger partial charge >= 0.3 is 0 Å². The van der Waals surface area contributed by atoms with Crippen molar-refractivity contribution in [2.24, 2.45) is 0 Å². The van der Waals surface area contributed by atoms with Crippen LogP contribution < -0.4 is 0 Å². The summed E-state index contributed by atoms with van der Waals surface area (Å²) in [4.78, 5) is -0.107. The van der Waals surface area contributed by atoms with Crippen LogP contribution in [-0.4, -0.2) is 0 Å². The first-order valence-corrected chi connectivity index (χ1v) is 5.41. The second kappa shape index (κ2) is 3.51. The Morgan fingerprint density at radius 1 is 1.00 bits per heavy atom. The third-order valence-corrected chi connectivity index (χ3v) is 3.61. The third kappa shape index (κ3) is 1.84. The standard InChI is InChI=1S/C11H12Cl2/c12-10-5-3-9(4-6-10)11(13)7-1-2-8-11/h3-6H,1-2,7-8H2. The molecule has 0 radical (unpaired) electrons. The minimum Gasteiger partial charge on any atom is -0.114 e. The Balaban J connectivity index is 2.29. The number of halogens is 2. The quantitative estimate of drug-likeness (QED) is 0.611. The molecule has 1 aromatic rings. The van der Waals surface area contributed by atoms with Crippen molar-refractivity contribution >= 4 is 23.2 Å². The summed E-state index contributed by atoms with van der Waals surface area (Å²) in [6.07, 6.45) is 4.67. The van der Waals surface area contributed by atoms with Crippen molar-refractivity contribution < 1.29 is 0 Å². The number of rotatable bonds is 1. The SMILES string of the molecule is Clc1ccc(C2(Cl)CCCC2)cc1. The lowest BCUT2D eigenvalue weighted by Crippen LogP contribution is -2.12.